The largest absolute Gasteiger partial charge is 0.314 e. The molecule has 0 unspecified atom stereocenters. The molecule has 2 N–H and O–H groups in total. The normalized spacial score (nSPS) is 16.3. The van der Waals surface area contributed by atoms with Gasteiger partial charge in [-0.1, -0.05) is 146 Å². The molecular weight excluding hydrogens is 577 g/mol. The molecule has 2 heterocycles. The van der Waals surface area contributed by atoms with Gasteiger partial charge in [0.2, 0.25) is 0 Å². The Labute approximate surface area is 272 Å². The van der Waals surface area contributed by atoms with Gasteiger partial charge in [0.15, 0.2) is 0 Å². The van der Waals surface area contributed by atoms with Crippen LogP contribution < -0.4 is 5.73 Å². The van der Waals surface area contributed by atoms with Crippen LogP contribution in [0.2, 0.25) is 0 Å². The summed E-state index contributed by atoms with van der Waals surface area (Å²) in [4.78, 5) is 1.28. The number of nitrogens with two attached hydrogens (primary N) is 1. The molecule has 0 spiro atoms. The van der Waals surface area contributed by atoms with Crippen LogP contribution in [0.4, 0.5) is 0 Å². The number of aromatic nitrogens is 1. The first kappa shape index (κ1) is 26.9. The molecule has 9 rings (SSSR count). The van der Waals surface area contributed by atoms with Crippen molar-refractivity contribution >= 4 is 54.4 Å². The monoisotopic (exact) mass is 606 g/mol. The van der Waals surface area contributed by atoms with E-state index in [1.54, 1.807) is 0 Å². The average Bonchev–Trinajstić information content (AvgIpc) is 3.80. The van der Waals surface area contributed by atoms with Gasteiger partial charge in [0.25, 0.3) is 0 Å². The molecule has 218 valence electrons. The van der Waals surface area contributed by atoms with Crippen LogP contribution in [0, 0.1) is 0 Å². The smallest absolute Gasteiger partial charge is 0.140 e. The van der Waals surface area contributed by atoms with Crippen LogP contribution in [-0.4, -0.2) is 4.57 Å². The molecule has 0 bridgehead atoms. The number of allylic oxidation sites excluding steroid dienone is 2. The lowest BCUT2D eigenvalue weighted by Crippen LogP contribution is -2.41. The number of benzene rings is 6. The third-order valence-electron chi connectivity index (χ3n) is 9.26. The Morgan fingerprint density at radius 3 is 1.74 bits per heavy atom. The van der Waals surface area contributed by atoms with E-state index in [-0.39, 0.29) is 0 Å². The van der Waals surface area contributed by atoms with Gasteiger partial charge in [-0.25, -0.2) is 0 Å². The number of thiophene rings is 1. The zero-order chi connectivity index (χ0) is 30.7. The van der Waals surface area contributed by atoms with Crippen molar-refractivity contribution in [1.29, 1.82) is 0 Å². The zero-order valence-corrected chi connectivity index (χ0v) is 25.9. The number of hydrogen-bond acceptors (Lipinski definition) is 2. The first-order valence-corrected chi connectivity index (χ1v) is 16.5. The summed E-state index contributed by atoms with van der Waals surface area (Å²) in [6.07, 6.45) is 4.52. The van der Waals surface area contributed by atoms with Crippen LogP contribution in [0.1, 0.15) is 11.1 Å². The lowest BCUT2D eigenvalue weighted by Gasteiger charge is -2.31. The van der Waals surface area contributed by atoms with Gasteiger partial charge in [0.05, 0.1) is 11.0 Å². The molecular formula is C43H30N2S. The van der Waals surface area contributed by atoms with Gasteiger partial charge >= 0.3 is 0 Å². The van der Waals surface area contributed by atoms with E-state index < -0.39 is 5.66 Å². The minimum atomic E-state index is -0.913. The van der Waals surface area contributed by atoms with Crippen LogP contribution in [0.25, 0.3) is 64.6 Å². The van der Waals surface area contributed by atoms with E-state index in [1.807, 2.05) is 11.3 Å². The molecule has 46 heavy (non-hydrogen) atoms. The van der Waals surface area contributed by atoms with Gasteiger partial charge in [-0.15, -0.1) is 11.3 Å². The first-order chi connectivity index (χ1) is 22.7. The number of para-hydroxylation sites is 1. The van der Waals surface area contributed by atoms with Crippen molar-refractivity contribution in [2.24, 2.45) is 5.73 Å². The summed E-state index contributed by atoms with van der Waals surface area (Å²) in [6, 6.07) is 56.0. The second kappa shape index (κ2) is 10.6. The third kappa shape index (κ3) is 4.06. The Morgan fingerprint density at radius 2 is 1.07 bits per heavy atom. The first-order valence-electron chi connectivity index (χ1n) is 15.7. The fourth-order valence-electron chi connectivity index (χ4n) is 7.23. The second-order valence-corrected chi connectivity index (χ2v) is 13.0. The highest BCUT2D eigenvalue weighted by Crippen LogP contribution is 2.51. The number of fused-ring (bicyclic) bond motifs is 5. The van der Waals surface area contributed by atoms with Crippen molar-refractivity contribution in [2.45, 2.75) is 5.66 Å². The van der Waals surface area contributed by atoms with Crippen LogP contribution in [0.5, 0.6) is 0 Å². The second-order valence-electron chi connectivity index (χ2n) is 11.9. The predicted molar refractivity (Wildman–Crippen MR) is 197 cm³/mol. The van der Waals surface area contributed by atoms with Gasteiger partial charge in [0, 0.05) is 36.9 Å². The van der Waals surface area contributed by atoms with Gasteiger partial charge < -0.3 is 10.3 Å². The molecule has 0 amide bonds. The fourth-order valence-corrected chi connectivity index (χ4v) is 8.62. The summed E-state index contributed by atoms with van der Waals surface area (Å²) >= 11 is 1.88. The number of rotatable bonds is 5. The van der Waals surface area contributed by atoms with Crippen molar-refractivity contribution in [3.05, 3.63) is 181 Å². The van der Waals surface area contributed by atoms with Gasteiger partial charge in [-0.3, -0.25) is 0 Å². The predicted octanol–water partition coefficient (Wildman–Crippen LogP) is 11.1. The Kier molecular flexibility index (Phi) is 6.17. The van der Waals surface area contributed by atoms with Gasteiger partial charge in [-0.05, 0) is 52.1 Å². The topological polar surface area (TPSA) is 30.9 Å². The standard InChI is InChI=1S/C43H30N2S/c44-43(28-33(29-15-5-1-6-16-29)27-36(43)30-17-7-2-8-18-30)45-37-24-14-13-23-34(37)40-38(45)26-25-35-39(31-19-9-3-10-20-31)41(46-42(35)40)32-21-11-4-12-22-32/h1-28H,44H2/t43-/m1/s1. The van der Waals surface area contributed by atoms with Crippen LogP contribution >= 0.6 is 11.3 Å². The maximum absolute atomic E-state index is 7.74. The van der Waals surface area contributed by atoms with E-state index in [9.17, 15) is 0 Å². The Bertz CT molecular complexity index is 2450. The molecule has 0 saturated heterocycles. The molecule has 0 radical (unpaired) electrons. The molecule has 0 saturated carbocycles. The van der Waals surface area contributed by atoms with Crippen molar-refractivity contribution < 1.29 is 0 Å². The quantitative estimate of drug-likeness (QED) is 0.208. The van der Waals surface area contributed by atoms with E-state index in [2.05, 4.69) is 174 Å². The van der Waals surface area contributed by atoms with E-state index >= 15 is 0 Å². The highest BCUT2D eigenvalue weighted by Gasteiger charge is 2.38. The lowest BCUT2D eigenvalue weighted by atomic mass is 9.95. The van der Waals surface area contributed by atoms with Gasteiger partial charge in [-0.2, -0.15) is 0 Å². The number of nitrogens with zero attached hydrogens (tertiary/aromatic N) is 1. The SMILES string of the molecule is N[C@@]1(n2c3ccccc3c3c4sc(-c5ccccc5)c(-c5ccccc5)c4ccc32)C=C(c2ccccc2)C=C1c1ccccc1. The summed E-state index contributed by atoms with van der Waals surface area (Å²) in [5, 5.41) is 3.72. The third-order valence-corrected chi connectivity index (χ3v) is 10.5. The average molecular weight is 607 g/mol. The highest BCUT2D eigenvalue weighted by atomic mass is 32.1. The zero-order valence-electron chi connectivity index (χ0n) is 25.1. The highest BCUT2D eigenvalue weighted by molar-refractivity contribution is 7.24. The maximum atomic E-state index is 7.74. The number of hydrogen-bond donors (Lipinski definition) is 1. The van der Waals surface area contributed by atoms with Crippen LogP contribution in [0.15, 0.2) is 170 Å². The lowest BCUT2D eigenvalue weighted by molar-refractivity contribution is 0.545. The molecule has 3 heteroatoms. The molecule has 2 aromatic heterocycles. The molecule has 2 nitrogen and oxygen atoms in total. The Hall–Kier alpha value is -5.48. The van der Waals surface area contributed by atoms with Gasteiger partial charge in [0.1, 0.15) is 5.66 Å². The minimum absolute atomic E-state index is 0.913. The van der Waals surface area contributed by atoms with E-state index in [1.165, 1.54) is 42.4 Å². The van der Waals surface area contributed by atoms with E-state index in [0.717, 1.165) is 33.3 Å². The summed E-state index contributed by atoms with van der Waals surface area (Å²) in [5.74, 6) is 0. The van der Waals surface area contributed by atoms with Crippen molar-refractivity contribution in [1.82, 2.24) is 4.57 Å². The van der Waals surface area contributed by atoms with Crippen molar-refractivity contribution in [3.8, 4) is 21.6 Å². The van der Waals surface area contributed by atoms with Crippen LogP contribution in [0.3, 0.4) is 0 Å². The van der Waals surface area contributed by atoms with Crippen molar-refractivity contribution in [3.63, 3.8) is 0 Å². The van der Waals surface area contributed by atoms with Crippen molar-refractivity contribution in [2.75, 3.05) is 0 Å². The fraction of sp³-hybridized carbons (Fsp3) is 0.0233. The maximum Gasteiger partial charge on any atom is 0.140 e. The summed E-state index contributed by atoms with van der Waals surface area (Å²) in [5.41, 5.74) is 17.3. The molecule has 6 aromatic carbocycles. The summed E-state index contributed by atoms with van der Waals surface area (Å²) in [6.45, 7) is 0. The molecule has 1 aliphatic rings. The Morgan fingerprint density at radius 1 is 0.500 bits per heavy atom. The van der Waals surface area contributed by atoms with E-state index in [0.29, 0.717) is 0 Å². The molecule has 1 atom stereocenters. The molecule has 0 fully saturated rings. The van der Waals surface area contributed by atoms with E-state index in [4.69, 9.17) is 5.73 Å². The Balaban J connectivity index is 1.38. The molecule has 0 aliphatic heterocycles. The molecule has 1 aliphatic carbocycles. The summed E-state index contributed by atoms with van der Waals surface area (Å²) < 4.78 is 3.65. The minimum Gasteiger partial charge on any atom is -0.314 e. The molecule has 8 aromatic rings. The van der Waals surface area contributed by atoms with Crippen LogP contribution in [-0.2, 0) is 5.66 Å². The summed E-state index contributed by atoms with van der Waals surface area (Å²) in [7, 11) is 0.